The number of hydrogen-bond donors (Lipinski definition) is 0. The fraction of sp³-hybridized carbons (Fsp3) is 0.607. The molecule has 0 N–H and O–H groups in total. The van der Waals surface area contributed by atoms with Gasteiger partial charge < -0.3 is 9.47 Å². The molecular formula is C61H89N3O2. The summed E-state index contributed by atoms with van der Waals surface area (Å²) in [7, 11) is 0. The Kier molecular flexibility index (Phi) is 30.8. The maximum Gasteiger partial charge on any atom is 0.124 e. The molecule has 4 aromatic rings. The molecule has 4 rings (SSSR count). The lowest BCUT2D eigenvalue weighted by Crippen LogP contribution is -2.01. The molecule has 0 atom stereocenters. The summed E-state index contributed by atoms with van der Waals surface area (Å²) in [5, 5.41) is 7.93. The summed E-state index contributed by atoms with van der Waals surface area (Å²) in [5.41, 5.74) is 4.97. The summed E-state index contributed by atoms with van der Waals surface area (Å²) < 4.78 is 14.5. The monoisotopic (exact) mass is 896 g/mol. The van der Waals surface area contributed by atoms with Crippen LogP contribution < -0.4 is 9.47 Å². The standard InChI is InChI=1S/C61H89N3O2/c1-3-5-7-9-11-13-15-17-19-21-23-25-27-29-31-33-49-65-60-51-59(52-61(53-60)66-50-34-32-30-28-26-24-22-20-18-16-14-12-10-8-6-4-2)46-43-56-38-35-55(36-39-56)37-40-57-41-44-58(45-42-57)54-64-48-47-62-63-64/h35-36,38-39,41-42,44-45,47-48,51-53H,3-34,49-50,54H2,1-2H3. The zero-order valence-electron chi connectivity index (χ0n) is 41.9. The van der Waals surface area contributed by atoms with E-state index in [2.05, 4.69) is 90.3 Å². The molecule has 0 aliphatic carbocycles. The highest BCUT2D eigenvalue weighted by Gasteiger charge is 2.05. The zero-order chi connectivity index (χ0) is 46.2. The van der Waals surface area contributed by atoms with Gasteiger partial charge in [0.15, 0.2) is 0 Å². The van der Waals surface area contributed by atoms with E-state index >= 15 is 0 Å². The minimum atomic E-state index is 0.695. The predicted molar refractivity (Wildman–Crippen MR) is 280 cm³/mol. The maximum absolute atomic E-state index is 6.33. The lowest BCUT2D eigenvalue weighted by molar-refractivity contribution is 0.289. The lowest BCUT2D eigenvalue weighted by Gasteiger charge is -2.11. The van der Waals surface area contributed by atoms with E-state index in [9.17, 15) is 0 Å². The summed E-state index contributed by atoms with van der Waals surface area (Å²) in [6, 6.07) is 22.6. The molecule has 0 aliphatic rings. The molecule has 0 fully saturated rings. The van der Waals surface area contributed by atoms with Crippen molar-refractivity contribution in [2.45, 2.75) is 226 Å². The van der Waals surface area contributed by atoms with Crippen molar-refractivity contribution in [1.29, 1.82) is 0 Å². The second kappa shape index (κ2) is 37.6. The molecule has 5 heteroatoms. The average Bonchev–Trinajstić information content (AvgIpc) is 3.86. The van der Waals surface area contributed by atoms with Gasteiger partial charge in [0, 0.05) is 34.5 Å². The van der Waals surface area contributed by atoms with Gasteiger partial charge in [-0.15, -0.1) is 5.10 Å². The summed E-state index contributed by atoms with van der Waals surface area (Å²) in [6.07, 6.45) is 47.3. The zero-order valence-corrected chi connectivity index (χ0v) is 41.9. The van der Waals surface area contributed by atoms with Gasteiger partial charge in [0.1, 0.15) is 11.5 Å². The largest absolute Gasteiger partial charge is 0.493 e. The van der Waals surface area contributed by atoms with Gasteiger partial charge in [-0.05, 0) is 66.9 Å². The number of nitrogens with zero attached hydrogens (tertiary/aromatic N) is 3. The highest BCUT2D eigenvalue weighted by Crippen LogP contribution is 2.24. The van der Waals surface area contributed by atoms with Crippen LogP contribution in [0.4, 0.5) is 0 Å². The van der Waals surface area contributed by atoms with Crippen LogP contribution in [0, 0.1) is 23.7 Å². The highest BCUT2D eigenvalue weighted by molar-refractivity contribution is 5.51. The number of ether oxygens (including phenoxy) is 2. The second-order valence-electron chi connectivity index (χ2n) is 18.9. The third-order valence-corrected chi connectivity index (χ3v) is 12.8. The van der Waals surface area contributed by atoms with E-state index in [0.717, 1.165) is 65.4 Å². The molecular weight excluding hydrogens is 807 g/mol. The van der Waals surface area contributed by atoms with E-state index < -0.39 is 0 Å². The fourth-order valence-corrected chi connectivity index (χ4v) is 8.61. The smallest absolute Gasteiger partial charge is 0.124 e. The minimum absolute atomic E-state index is 0.695. The first-order valence-electron chi connectivity index (χ1n) is 27.2. The van der Waals surface area contributed by atoms with Crippen LogP contribution in [0.1, 0.15) is 247 Å². The topological polar surface area (TPSA) is 49.2 Å². The quantitative estimate of drug-likeness (QED) is 0.0332. The Hall–Kier alpha value is -4.48. The molecule has 0 bridgehead atoms. The average molecular weight is 896 g/mol. The number of rotatable bonds is 38. The number of unbranched alkanes of at least 4 members (excludes halogenated alkanes) is 30. The van der Waals surface area contributed by atoms with Crippen LogP contribution in [-0.2, 0) is 6.54 Å². The Labute approximate surface area is 404 Å². The van der Waals surface area contributed by atoms with Gasteiger partial charge in [0.2, 0.25) is 0 Å². The van der Waals surface area contributed by atoms with E-state index in [4.69, 9.17) is 9.47 Å². The van der Waals surface area contributed by atoms with Crippen molar-refractivity contribution in [3.63, 3.8) is 0 Å². The van der Waals surface area contributed by atoms with Crippen molar-refractivity contribution in [2.75, 3.05) is 13.2 Å². The molecule has 3 aromatic carbocycles. The summed E-state index contributed by atoms with van der Waals surface area (Å²) in [5.74, 6) is 15.1. The lowest BCUT2D eigenvalue weighted by atomic mass is 10.0. The van der Waals surface area contributed by atoms with Crippen molar-refractivity contribution in [2.24, 2.45) is 0 Å². The summed E-state index contributed by atoms with van der Waals surface area (Å²) in [6.45, 7) is 6.74. The number of benzene rings is 3. The molecule has 66 heavy (non-hydrogen) atoms. The number of hydrogen-bond acceptors (Lipinski definition) is 4. The van der Waals surface area contributed by atoms with Crippen LogP contribution in [0.15, 0.2) is 79.1 Å². The van der Waals surface area contributed by atoms with Gasteiger partial charge in [-0.3, -0.25) is 0 Å². The Bertz CT molecular complexity index is 1820. The van der Waals surface area contributed by atoms with Crippen molar-refractivity contribution < 1.29 is 9.47 Å². The van der Waals surface area contributed by atoms with Gasteiger partial charge in [-0.25, -0.2) is 4.68 Å². The van der Waals surface area contributed by atoms with Crippen molar-refractivity contribution >= 4 is 0 Å². The maximum atomic E-state index is 6.33. The van der Waals surface area contributed by atoms with Crippen LogP contribution in [-0.4, -0.2) is 28.2 Å². The van der Waals surface area contributed by atoms with Gasteiger partial charge in [-0.1, -0.05) is 247 Å². The first-order chi connectivity index (χ1) is 32.7. The summed E-state index contributed by atoms with van der Waals surface area (Å²) >= 11 is 0. The van der Waals surface area contributed by atoms with Gasteiger partial charge in [0.05, 0.1) is 26.0 Å². The van der Waals surface area contributed by atoms with Crippen LogP contribution in [0.25, 0.3) is 0 Å². The normalized spacial score (nSPS) is 10.9. The second-order valence-corrected chi connectivity index (χ2v) is 18.9. The Balaban J connectivity index is 1.16. The molecule has 0 saturated heterocycles. The molecule has 0 aliphatic heterocycles. The van der Waals surface area contributed by atoms with Crippen LogP contribution in [0.2, 0.25) is 0 Å². The molecule has 5 nitrogen and oxygen atoms in total. The molecule has 360 valence electrons. The fourth-order valence-electron chi connectivity index (χ4n) is 8.61. The van der Waals surface area contributed by atoms with Gasteiger partial charge in [0.25, 0.3) is 0 Å². The van der Waals surface area contributed by atoms with Crippen molar-refractivity contribution in [3.05, 3.63) is 107 Å². The SMILES string of the molecule is CCCCCCCCCCCCCCCCCCOc1cc(C#Cc2ccc(C#Cc3ccc(Cn4ccnn4)cc3)cc2)cc(OCCCCCCCCCCCCCCCCCC)c1. The van der Waals surface area contributed by atoms with Crippen LogP contribution >= 0.6 is 0 Å². The first kappa shape index (κ1) is 54.1. The number of aromatic nitrogens is 3. The van der Waals surface area contributed by atoms with Crippen molar-refractivity contribution in [3.8, 4) is 35.2 Å². The molecule has 0 unspecified atom stereocenters. The Morgan fingerprint density at radius 3 is 1.03 bits per heavy atom. The Morgan fingerprint density at radius 1 is 0.379 bits per heavy atom. The molecule has 1 heterocycles. The molecule has 0 saturated carbocycles. The van der Waals surface area contributed by atoms with E-state index in [1.165, 1.54) is 193 Å². The third-order valence-electron chi connectivity index (χ3n) is 12.8. The van der Waals surface area contributed by atoms with Gasteiger partial charge in [-0.2, -0.15) is 0 Å². The Morgan fingerprint density at radius 2 is 0.697 bits per heavy atom. The molecule has 1 aromatic heterocycles. The molecule has 0 amide bonds. The van der Waals surface area contributed by atoms with Crippen LogP contribution in [0.3, 0.4) is 0 Å². The van der Waals surface area contributed by atoms with Crippen molar-refractivity contribution in [1.82, 2.24) is 15.0 Å². The highest BCUT2D eigenvalue weighted by atomic mass is 16.5. The van der Waals surface area contributed by atoms with Gasteiger partial charge >= 0.3 is 0 Å². The minimum Gasteiger partial charge on any atom is -0.493 e. The van der Waals surface area contributed by atoms with E-state index in [1.807, 2.05) is 35.1 Å². The summed E-state index contributed by atoms with van der Waals surface area (Å²) in [4.78, 5) is 0. The predicted octanol–water partition coefficient (Wildman–Crippen LogP) is 17.4. The first-order valence-corrected chi connectivity index (χ1v) is 27.2. The third kappa shape index (κ3) is 27.2. The molecule has 0 spiro atoms. The van der Waals surface area contributed by atoms with E-state index in [0.29, 0.717) is 6.54 Å². The van der Waals surface area contributed by atoms with E-state index in [1.54, 1.807) is 6.20 Å². The van der Waals surface area contributed by atoms with E-state index in [-0.39, 0.29) is 0 Å². The molecule has 0 radical (unpaired) electrons. The van der Waals surface area contributed by atoms with Crippen LogP contribution in [0.5, 0.6) is 11.5 Å².